The molecule has 1 heterocycles. The molecule has 0 bridgehead atoms. The van der Waals surface area contributed by atoms with Crippen LogP contribution in [-0.2, 0) is 6.54 Å². The third kappa shape index (κ3) is 4.69. The van der Waals surface area contributed by atoms with Gasteiger partial charge in [-0.05, 0) is 38.1 Å². The maximum absolute atomic E-state index is 4.07. The zero-order valence-corrected chi connectivity index (χ0v) is 13.3. The van der Waals surface area contributed by atoms with E-state index in [4.69, 9.17) is 0 Å². The predicted octanol–water partition coefficient (Wildman–Crippen LogP) is 2.69. The average Bonchev–Trinajstić information content (AvgIpc) is 3.05. The molecule has 0 saturated carbocycles. The maximum atomic E-state index is 4.07. The summed E-state index contributed by atoms with van der Waals surface area (Å²) in [5.41, 5.74) is 2.46. The van der Waals surface area contributed by atoms with Crippen molar-refractivity contribution in [3.05, 3.63) is 48.5 Å². The Morgan fingerprint density at radius 3 is 2.67 bits per heavy atom. The molecular formula is C17H26N4. The Kier molecular flexibility index (Phi) is 5.96. The van der Waals surface area contributed by atoms with E-state index in [0.29, 0.717) is 6.04 Å². The molecule has 0 aliphatic heterocycles. The molecule has 1 aromatic heterocycles. The molecule has 0 amide bonds. The molecule has 1 aromatic carbocycles. The smallest absolute Gasteiger partial charge is 0.0991 e. The maximum Gasteiger partial charge on any atom is 0.0991 e. The monoisotopic (exact) mass is 286 g/mol. The van der Waals surface area contributed by atoms with E-state index in [0.717, 1.165) is 25.3 Å². The van der Waals surface area contributed by atoms with Crippen molar-refractivity contribution >= 4 is 0 Å². The van der Waals surface area contributed by atoms with Crippen molar-refractivity contribution in [1.82, 2.24) is 19.8 Å². The lowest BCUT2D eigenvalue weighted by Crippen LogP contribution is -2.34. The van der Waals surface area contributed by atoms with E-state index in [1.807, 2.05) is 17.1 Å². The van der Waals surface area contributed by atoms with E-state index in [1.54, 1.807) is 6.20 Å². The molecule has 0 fully saturated rings. The molecule has 0 spiro atoms. The fourth-order valence-corrected chi connectivity index (χ4v) is 2.22. The number of hydrogen-bond donors (Lipinski definition) is 1. The van der Waals surface area contributed by atoms with Gasteiger partial charge in [0.1, 0.15) is 0 Å². The number of imidazole rings is 1. The molecule has 0 saturated heterocycles. The van der Waals surface area contributed by atoms with Gasteiger partial charge in [0.2, 0.25) is 0 Å². The number of hydrogen-bond acceptors (Lipinski definition) is 3. The molecule has 114 valence electrons. The fourth-order valence-electron chi connectivity index (χ4n) is 2.22. The summed E-state index contributed by atoms with van der Waals surface area (Å²) in [6.07, 6.45) is 6.77. The Bertz CT molecular complexity index is 504. The lowest BCUT2D eigenvalue weighted by atomic mass is 10.2. The van der Waals surface area contributed by atoms with Gasteiger partial charge < -0.3 is 14.8 Å². The standard InChI is InChI=1S/C17H26N4/c1-4-15(2)20(3)11-9-18-13-16-5-7-17(8-6-16)21-12-10-19-14-21/h5-8,10,12,14-15,18H,4,9,11,13H2,1-3H3. The summed E-state index contributed by atoms with van der Waals surface area (Å²) in [6, 6.07) is 9.25. The molecule has 4 heteroatoms. The minimum absolute atomic E-state index is 0.654. The van der Waals surface area contributed by atoms with Crippen molar-refractivity contribution in [3.63, 3.8) is 0 Å². The van der Waals surface area contributed by atoms with Gasteiger partial charge in [-0.2, -0.15) is 0 Å². The summed E-state index contributed by atoms with van der Waals surface area (Å²) >= 11 is 0. The van der Waals surface area contributed by atoms with Crippen LogP contribution in [0.15, 0.2) is 43.0 Å². The van der Waals surface area contributed by atoms with Gasteiger partial charge in [0, 0.05) is 43.8 Å². The third-order valence-electron chi connectivity index (χ3n) is 4.05. The molecule has 0 aliphatic rings. The van der Waals surface area contributed by atoms with Crippen molar-refractivity contribution < 1.29 is 0 Å². The Morgan fingerprint density at radius 2 is 2.05 bits per heavy atom. The van der Waals surface area contributed by atoms with Crippen LogP contribution < -0.4 is 5.32 Å². The van der Waals surface area contributed by atoms with Gasteiger partial charge in [0.15, 0.2) is 0 Å². The van der Waals surface area contributed by atoms with Gasteiger partial charge in [-0.25, -0.2) is 4.98 Å². The molecule has 21 heavy (non-hydrogen) atoms. The minimum Gasteiger partial charge on any atom is -0.311 e. The highest BCUT2D eigenvalue weighted by Crippen LogP contribution is 2.09. The molecule has 1 atom stereocenters. The van der Waals surface area contributed by atoms with Crippen LogP contribution in [0.25, 0.3) is 5.69 Å². The lowest BCUT2D eigenvalue weighted by Gasteiger charge is -2.23. The zero-order valence-electron chi connectivity index (χ0n) is 13.3. The van der Waals surface area contributed by atoms with E-state index in [2.05, 4.69) is 60.4 Å². The number of benzene rings is 1. The van der Waals surface area contributed by atoms with Crippen molar-refractivity contribution in [1.29, 1.82) is 0 Å². The number of nitrogens with zero attached hydrogens (tertiary/aromatic N) is 3. The van der Waals surface area contributed by atoms with Gasteiger partial charge in [0.25, 0.3) is 0 Å². The van der Waals surface area contributed by atoms with E-state index < -0.39 is 0 Å². The summed E-state index contributed by atoms with van der Waals surface area (Å²) in [5.74, 6) is 0. The lowest BCUT2D eigenvalue weighted by molar-refractivity contribution is 0.252. The second-order valence-corrected chi connectivity index (χ2v) is 5.55. The Hall–Kier alpha value is -1.65. The van der Waals surface area contributed by atoms with Gasteiger partial charge in [-0.1, -0.05) is 19.1 Å². The molecule has 2 aromatic rings. The van der Waals surface area contributed by atoms with Gasteiger partial charge in [0.05, 0.1) is 6.33 Å². The first-order valence-corrected chi connectivity index (χ1v) is 7.69. The topological polar surface area (TPSA) is 33.1 Å². The van der Waals surface area contributed by atoms with E-state index >= 15 is 0 Å². The van der Waals surface area contributed by atoms with E-state index in [1.165, 1.54) is 12.0 Å². The number of aromatic nitrogens is 2. The van der Waals surface area contributed by atoms with E-state index in [-0.39, 0.29) is 0 Å². The van der Waals surface area contributed by atoms with Crippen LogP contribution in [0.1, 0.15) is 25.8 Å². The van der Waals surface area contributed by atoms with Crippen LogP contribution in [0.3, 0.4) is 0 Å². The van der Waals surface area contributed by atoms with Gasteiger partial charge >= 0.3 is 0 Å². The molecule has 0 aliphatic carbocycles. The first kappa shape index (κ1) is 15.7. The average molecular weight is 286 g/mol. The molecule has 1 unspecified atom stereocenters. The largest absolute Gasteiger partial charge is 0.311 e. The fraction of sp³-hybridized carbons (Fsp3) is 0.471. The first-order chi connectivity index (χ1) is 10.2. The summed E-state index contributed by atoms with van der Waals surface area (Å²) < 4.78 is 2.01. The van der Waals surface area contributed by atoms with Crippen LogP contribution in [-0.4, -0.2) is 40.6 Å². The number of rotatable bonds is 8. The summed E-state index contributed by atoms with van der Waals surface area (Å²) in [6.45, 7) is 7.52. The highest BCUT2D eigenvalue weighted by molar-refractivity contribution is 5.34. The third-order valence-corrected chi connectivity index (χ3v) is 4.05. The van der Waals surface area contributed by atoms with Crippen LogP contribution in [0.4, 0.5) is 0 Å². The summed E-state index contributed by atoms with van der Waals surface area (Å²) in [5, 5.41) is 3.50. The van der Waals surface area contributed by atoms with Crippen molar-refractivity contribution in [2.75, 3.05) is 20.1 Å². The van der Waals surface area contributed by atoms with Gasteiger partial charge in [-0.3, -0.25) is 0 Å². The van der Waals surface area contributed by atoms with Crippen molar-refractivity contribution in [2.24, 2.45) is 0 Å². The number of nitrogens with one attached hydrogen (secondary N) is 1. The van der Waals surface area contributed by atoms with Crippen molar-refractivity contribution in [3.8, 4) is 5.69 Å². The SMILES string of the molecule is CCC(C)N(C)CCNCc1ccc(-n2ccnc2)cc1. The summed E-state index contributed by atoms with van der Waals surface area (Å²) in [7, 11) is 2.19. The first-order valence-electron chi connectivity index (χ1n) is 7.69. The zero-order chi connectivity index (χ0) is 15.1. The van der Waals surface area contributed by atoms with Crippen molar-refractivity contribution in [2.45, 2.75) is 32.9 Å². The highest BCUT2D eigenvalue weighted by Gasteiger charge is 2.05. The summed E-state index contributed by atoms with van der Waals surface area (Å²) in [4.78, 5) is 6.46. The second kappa shape index (κ2) is 7.96. The van der Waals surface area contributed by atoms with Crippen LogP contribution >= 0.6 is 0 Å². The molecule has 2 rings (SSSR count). The Morgan fingerprint density at radius 1 is 1.29 bits per heavy atom. The predicted molar refractivity (Wildman–Crippen MR) is 87.7 cm³/mol. The highest BCUT2D eigenvalue weighted by atomic mass is 15.1. The second-order valence-electron chi connectivity index (χ2n) is 5.55. The Labute approximate surface area is 127 Å². The molecular weight excluding hydrogens is 260 g/mol. The Balaban J connectivity index is 1.74. The minimum atomic E-state index is 0.654. The quantitative estimate of drug-likeness (QED) is 0.757. The normalized spacial score (nSPS) is 12.8. The van der Waals surface area contributed by atoms with Crippen LogP contribution in [0.5, 0.6) is 0 Å². The van der Waals surface area contributed by atoms with E-state index in [9.17, 15) is 0 Å². The van der Waals surface area contributed by atoms with Gasteiger partial charge in [-0.15, -0.1) is 0 Å². The molecule has 1 N–H and O–H groups in total. The molecule has 4 nitrogen and oxygen atoms in total. The van der Waals surface area contributed by atoms with Crippen LogP contribution in [0, 0.1) is 0 Å². The number of likely N-dealkylation sites (N-methyl/N-ethyl adjacent to an activating group) is 1. The molecule has 0 radical (unpaired) electrons. The van der Waals surface area contributed by atoms with Crippen LogP contribution in [0.2, 0.25) is 0 Å².